The van der Waals surface area contributed by atoms with E-state index in [0.29, 0.717) is 17.7 Å². The number of hydrogen-bond acceptors (Lipinski definition) is 3. The van der Waals surface area contributed by atoms with Crippen LogP contribution < -0.4 is 11.1 Å². The number of carbonyl (C=O) groups is 1. The van der Waals surface area contributed by atoms with Gasteiger partial charge >= 0.3 is 0 Å². The maximum Gasteiger partial charge on any atom is 0.241 e. The summed E-state index contributed by atoms with van der Waals surface area (Å²) in [5.41, 5.74) is 7.84. The zero-order valence-corrected chi connectivity index (χ0v) is 10.2. The number of nitrogens with two attached hydrogens (primary N) is 1. The Morgan fingerprint density at radius 2 is 2.18 bits per heavy atom. The van der Waals surface area contributed by atoms with Gasteiger partial charge < -0.3 is 16.2 Å². The van der Waals surface area contributed by atoms with Crippen molar-refractivity contribution in [1.82, 2.24) is 0 Å². The van der Waals surface area contributed by atoms with E-state index >= 15 is 0 Å². The monoisotopic (exact) mass is 234 g/mol. The number of phenols is 1. The third-order valence-electron chi connectivity index (χ3n) is 2.56. The maximum atomic E-state index is 11.7. The highest BCUT2D eigenvalue weighted by molar-refractivity contribution is 5.95. The predicted molar refractivity (Wildman–Crippen MR) is 69.0 cm³/mol. The van der Waals surface area contributed by atoms with Gasteiger partial charge in [0.05, 0.1) is 6.04 Å². The van der Waals surface area contributed by atoms with Gasteiger partial charge in [-0.15, -0.1) is 6.58 Å². The van der Waals surface area contributed by atoms with Gasteiger partial charge in [0, 0.05) is 5.69 Å². The van der Waals surface area contributed by atoms with Gasteiger partial charge in [0.25, 0.3) is 0 Å². The molecule has 0 aliphatic rings. The SMILES string of the molecule is C=CCC(N)C(=O)Nc1cc(C)c(O)cc1C. The van der Waals surface area contributed by atoms with Gasteiger partial charge in [0.1, 0.15) is 5.75 Å². The van der Waals surface area contributed by atoms with E-state index in [-0.39, 0.29) is 11.7 Å². The molecule has 0 spiro atoms. The van der Waals surface area contributed by atoms with Gasteiger partial charge in [0.15, 0.2) is 0 Å². The number of carbonyl (C=O) groups excluding carboxylic acids is 1. The molecule has 92 valence electrons. The molecule has 0 aliphatic carbocycles. The molecule has 0 saturated heterocycles. The van der Waals surface area contributed by atoms with E-state index in [2.05, 4.69) is 11.9 Å². The van der Waals surface area contributed by atoms with Gasteiger partial charge in [-0.25, -0.2) is 0 Å². The first-order valence-corrected chi connectivity index (χ1v) is 5.43. The summed E-state index contributed by atoms with van der Waals surface area (Å²) in [5.74, 6) is -0.0334. The van der Waals surface area contributed by atoms with Crippen LogP contribution in [0, 0.1) is 13.8 Å². The molecule has 4 heteroatoms. The van der Waals surface area contributed by atoms with Crippen LogP contribution in [-0.2, 0) is 4.79 Å². The van der Waals surface area contributed by atoms with E-state index in [1.165, 1.54) is 0 Å². The van der Waals surface area contributed by atoms with Crippen LogP contribution in [0.15, 0.2) is 24.8 Å². The van der Waals surface area contributed by atoms with Crippen LogP contribution in [-0.4, -0.2) is 17.1 Å². The highest BCUT2D eigenvalue weighted by Gasteiger charge is 2.13. The van der Waals surface area contributed by atoms with E-state index in [1.807, 2.05) is 6.92 Å². The number of benzene rings is 1. The Balaban J connectivity index is 2.85. The first kappa shape index (κ1) is 13.3. The summed E-state index contributed by atoms with van der Waals surface area (Å²) in [6, 6.07) is 2.74. The highest BCUT2D eigenvalue weighted by atomic mass is 16.3. The lowest BCUT2D eigenvalue weighted by atomic mass is 10.1. The van der Waals surface area contributed by atoms with Crippen molar-refractivity contribution < 1.29 is 9.90 Å². The average Bonchev–Trinajstić information content (AvgIpc) is 2.26. The van der Waals surface area contributed by atoms with E-state index in [4.69, 9.17) is 5.73 Å². The highest BCUT2D eigenvalue weighted by Crippen LogP contribution is 2.24. The number of aromatic hydroxyl groups is 1. The summed E-state index contributed by atoms with van der Waals surface area (Å²) >= 11 is 0. The van der Waals surface area contributed by atoms with Crippen LogP contribution in [0.5, 0.6) is 5.75 Å². The van der Waals surface area contributed by atoms with Gasteiger partial charge in [-0.05, 0) is 43.5 Å². The summed E-state index contributed by atoms with van der Waals surface area (Å²) in [7, 11) is 0. The number of phenolic OH excluding ortho intramolecular Hbond substituents is 1. The van der Waals surface area contributed by atoms with Crippen molar-refractivity contribution in [2.45, 2.75) is 26.3 Å². The zero-order chi connectivity index (χ0) is 13.0. The van der Waals surface area contributed by atoms with Crippen LogP contribution in [0.3, 0.4) is 0 Å². The number of anilines is 1. The molecule has 1 atom stereocenters. The topological polar surface area (TPSA) is 75.4 Å². The average molecular weight is 234 g/mol. The minimum atomic E-state index is -0.596. The number of amides is 1. The Labute approximate surface area is 101 Å². The molecule has 0 bridgehead atoms. The normalized spacial score (nSPS) is 11.9. The Hall–Kier alpha value is -1.81. The smallest absolute Gasteiger partial charge is 0.241 e. The lowest BCUT2D eigenvalue weighted by molar-refractivity contribution is -0.117. The summed E-state index contributed by atoms with van der Waals surface area (Å²) < 4.78 is 0. The molecule has 0 aliphatic heterocycles. The molecule has 1 aromatic rings. The second kappa shape index (κ2) is 5.50. The van der Waals surface area contributed by atoms with E-state index in [9.17, 15) is 9.90 Å². The first-order chi connectivity index (χ1) is 7.95. The first-order valence-electron chi connectivity index (χ1n) is 5.43. The van der Waals surface area contributed by atoms with Crippen LogP contribution in [0.25, 0.3) is 0 Å². The van der Waals surface area contributed by atoms with Crippen LogP contribution in [0.2, 0.25) is 0 Å². The molecule has 0 heterocycles. The minimum Gasteiger partial charge on any atom is -0.508 e. The number of rotatable bonds is 4. The fraction of sp³-hybridized carbons (Fsp3) is 0.308. The van der Waals surface area contributed by atoms with Gasteiger partial charge in [0.2, 0.25) is 5.91 Å². The molecule has 0 saturated carbocycles. The van der Waals surface area contributed by atoms with Gasteiger partial charge in [-0.2, -0.15) is 0 Å². The molecular weight excluding hydrogens is 216 g/mol. The molecule has 1 rings (SSSR count). The number of hydrogen-bond donors (Lipinski definition) is 3. The standard InChI is InChI=1S/C13H18N2O2/c1-4-5-10(14)13(17)15-11-6-9(3)12(16)7-8(11)2/h4,6-7,10,16H,1,5,14H2,2-3H3,(H,15,17). The second-order valence-corrected chi connectivity index (χ2v) is 4.07. The van der Waals surface area contributed by atoms with E-state index < -0.39 is 6.04 Å². The van der Waals surface area contributed by atoms with E-state index in [1.54, 1.807) is 25.1 Å². The molecule has 4 nitrogen and oxygen atoms in total. The Kier molecular flexibility index (Phi) is 4.29. The summed E-state index contributed by atoms with van der Waals surface area (Å²) in [6.45, 7) is 7.13. The van der Waals surface area contributed by atoms with Crippen molar-refractivity contribution in [2.24, 2.45) is 5.73 Å². The Morgan fingerprint density at radius 1 is 1.53 bits per heavy atom. The second-order valence-electron chi connectivity index (χ2n) is 4.07. The fourth-order valence-corrected chi connectivity index (χ4v) is 1.45. The lowest BCUT2D eigenvalue weighted by Crippen LogP contribution is -2.35. The van der Waals surface area contributed by atoms with Gasteiger partial charge in [-0.1, -0.05) is 6.08 Å². The summed E-state index contributed by atoms with van der Waals surface area (Å²) in [4.78, 5) is 11.7. The molecule has 1 amide bonds. The Morgan fingerprint density at radius 3 is 2.76 bits per heavy atom. The molecule has 1 unspecified atom stereocenters. The zero-order valence-electron chi connectivity index (χ0n) is 10.2. The van der Waals surface area contributed by atoms with Gasteiger partial charge in [-0.3, -0.25) is 4.79 Å². The molecule has 0 fully saturated rings. The summed E-state index contributed by atoms with van der Waals surface area (Å²) in [5, 5.41) is 12.2. The van der Waals surface area contributed by atoms with E-state index in [0.717, 1.165) is 5.56 Å². The maximum absolute atomic E-state index is 11.7. The third kappa shape index (κ3) is 3.32. The molecule has 17 heavy (non-hydrogen) atoms. The van der Waals surface area contributed by atoms with Crippen molar-refractivity contribution in [3.8, 4) is 5.75 Å². The molecule has 0 aromatic heterocycles. The molecule has 1 aromatic carbocycles. The summed E-state index contributed by atoms with van der Waals surface area (Å²) in [6.07, 6.45) is 2.04. The molecular formula is C13H18N2O2. The third-order valence-corrected chi connectivity index (χ3v) is 2.56. The molecule has 4 N–H and O–H groups in total. The fourth-order valence-electron chi connectivity index (χ4n) is 1.45. The van der Waals surface area contributed by atoms with Crippen LogP contribution in [0.4, 0.5) is 5.69 Å². The predicted octanol–water partition coefficient (Wildman–Crippen LogP) is 1.85. The number of nitrogens with one attached hydrogen (secondary N) is 1. The quantitative estimate of drug-likeness (QED) is 0.549. The van der Waals surface area contributed by atoms with Crippen molar-refractivity contribution in [1.29, 1.82) is 0 Å². The van der Waals surface area contributed by atoms with Crippen molar-refractivity contribution >= 4 is 11.6 Å². The van der Waals surface area contributed by atoms with Crippen molar-refractivity contribution in [3.05, 3.63) is 35.9 Å². The molecule has 0 radical (unpaired) electrons. The van der Waals surface area contributed by atoms with Crippen LogP contribution in [0.1, 0.15) is 17.5 Å². The van der Waals surface area contributed by atoms with Crippen molar-refractivity contribution in [3.63, 3.8) is 0 Å². The lowest BCUT2D eigenvalue weighted by Gasteiger charge is -2.13. The van der Waals surface area contributed by atoms with Crippen LogP contribution >= 0.6 is 0 Å². The number of aryl methyl sites for hydroxylation is 2. The minimum absolute atomic E-state index is 0.218. The largest absolute Gasteiger partial charge is 0.508 e. The Bertz CT molecular complexity index is 441. The van der Waals surface area contributed by atoms with Crippen molar-refractivity contribution in [2.75, 3.05) is 5.32 Å².